The van der Waals surface area contributed by atoms with Gasteiger partial charge in [0, 0.05) is 52.8 Å². The summed E-state index contributed by atoms with van der Waals surface area (Å²) in [5.41, 5.74) is -1.27. The topological polar surface area (TPSA) is 238 Å². The first-order valence-electron chi connectivity index (χ1n) is 25.2. The summed E-state index contributed by atoms with van der Waals surface area (Å²) in [6.07, 6.45) is 6.11. The Morgan fingerprint density at radius 3 is 2.01 bits per heavy atom. The average molecular weight is 1010 g/mol. The first kappa shape index (κ1) is 59.3. The number of carbonyl (C=O) groups is 8. The Morgan fingerprint density at radius 1 is 0.806 bits per heavy atom. The fourth-order valence-electron chi connectivity index (χ4n) is 9.46. The van der Waals surface area contributed by atoms with E-state index in [9.17, 15) is 38.4 Å². The lowest BCUT2D eigenvalue weighted by Crippen LogP contribution is -2.57. The van der Waals surface area contributed by atoms with E-state index < -0.39 is 71.1 Å². The molecule has 1 saturated carbocycles. The standard InChI is InChI=1S/C52H80N6O14/c1-35(48(64)54-38(49(65)72-51(2,3)4)32-36-16-11-10-12-17-36)47(68-9)39-20-15-24-57(39)44(62)33-40(67-8)46(37-18-13-14-19-37)56(7)45(63)34-53-50(66)52(5,6)55-41(59)23-26-69-28-30-71-31-29-70-27-25-58-42(60)21-22-43(58)61/h10-12,16-17,21-22,35,37-40,46-47H,13-15,18-20,23-34H2,1-9H3,(H,53,66)(H,54,64)(H,55,59). The molecular weight excluding hydrogens is 933 g/mol. The maximum Gasteiger partial charge on any atom is 0.329 e. The highest BCUT2D eigenvalue weighted by molar-refractivity contribution is 6.12. The van der Waals surface area contributed by atoms with Crippen molar-refractivity contribution in [3.05, 3.63) is 48.0 Å². The van der Waals surface area contributed by atoms with Gasteiger partial charge in [0.2, 0.25) is 29.5 Å². The van der Waals surface area contributed by atoms with E-state index in [1.165, 1.54) is 40.2 Å². The number of likely N-dealkylation sites (N-methyl/N-ethyl adjacent to an activating group) is 1. The molecule has 1 aliphatic carbocycles. The highest BCUT2D eigenvalue weighted by Gasteiger charge is 2.44. The number of amides is 7. The minimum Gasteiger partial charge on any atom is -0.458 e. The summed E-state index contributed by atoms with van der Waals surface area (Å²) >= 11 is 0. The number of methoxy groups -OCH3 is 2. The van der Waals surface area contributed by atoms with Gasteiger partial charge in [0.25, 0.3) is 11.8 Å². The molecule has 72 heavy (non-hydrogen) atoms. The quantitative estimate of drug-likeness (QED) is 0.0571. The molecule has 20 nitrogen and oxygen atoms in total. The Morgan fingerprint density at radius 2 is 1.42 bits per heavy atom. The van der Waals surface area contributed by atoms with Crippen molar-refractivity contribution in [1.29, 1.82) is 0 Å². The highest BCUT2D eigenvalue weighted by atomic mass is 16.6. The third kappa shape index (κ3) is 18.3. The third-order valence-corrected chi connectivity index (χ3v) is 13.2. The number of esters is 1. The number of imide groups is 1. The molecule has 6 unspecified atom stereocenters. The van der Waals surface area contributed by atoms with Crippen LogP contribution in [0.15, 0.2) is 42.5 Å². The zero-order chi connectivity index (χ0) is 53.0. The van der Waals surface area contributed by atoms with E-state index in [2.05, 4.69) is 16.0 Å². The van der Waals surface area contributed by atoms with E-state index in [1.54, 1.807) is 44.5 Å². The van der Waals surface area contributed by atoms with E-state index in [1.807, 2.05) is 30.3 Å². The molecule has 4 rings (SSSR count). The Hall–Kier alpha value is -5.28. The molecule has 7 amide bonds. The van der Waals surface area contributed by atoms with Gasteiger partial charge in [0.15, 0.2) is 0 Å². The van der Waals surface area contributed by atoms with Gasteiger partial charge in [0.05, 0.1) is 89.4 Å². The molecule has 2 heterocycles. The van der Waals surface area contributed by atoms with E-state index in [-0.39, 0.29) is 102 Å². The molecule has 6 atom stereocenters. The largest absolute Gasteiger partial charge is 0.458 e. The van der Waals surface area contributed by atoms with Crippen LogP contribution in [0.5, 0.6) is 0 Å². The van der Waals surface area contributed by atoms with Crippen molar-refractivity contribution >= 4 is 47.3 Å². The zero-order valence-corrected chi connectivity index (χ0v) is 43.9. The normalized spacial score (nSPS) is 18.4. The lowest BCUT2D eigenvalue weighted by Gasteiger charge is -2.39. The Bertz CT molecular complexity index is 1990. The van der Waals surface area contributed by atoms with Crippen LogP contribution in [-0.2, 0) is 73.2 Å². The third-order valence-electron chi connectivity index (χ3n) is 13.2. The second-order valence-corrected chi connectivity index (χ2v) is 20.2. The number of benzene rings is 1. The molecule has 0 spiro atoms. The van der Waals surface area contributed by atoms with Crippen LogP contribution in [0.4, 0.5) is 0 Å². The van der Waals surface area contributed by atoms with Gasteiger partial charge in [0.1, 0.15) is 17.2 Å². The van der Waals surface area contributed by atoms with E-state index in [4.69, 9.17) is 28.4 Å². The molecule has 3 aliphatic rings. The van der Waals surface area contributed by atoms with E-state index in [0.717, 1.165) is 36.1 Å². The Balaban J connectivity index is 1.26. The Kier molecular flexibility index (Phi) is 23.7. The van der Waals surface area contributed by atoms with Gasteiger partial charge in [-0.15, -0.1) is 0 Å². The maximum absolute atomic E-state index is 14.4. The summed E-state index contributed by atoms with van der Waals surface area (Å²) in [5, 5.41) is 8.30. The molecule has 0 radical (unpaired) electrons. The molecule has 1 aromatic rings. The van der Waals surface area contributed by atoms with Crippen molar-refractivity contribution in [1.82, 2.24) is 30.7 Å². The smallest absolute Gasteiger partial charge is 0.329 e. The van der Waals surface area contributed by atoms with Crippen LogP contribution in [0, 0.1) is 11.8 Å². The minimum absolute atomic E-state index is 0.0192. The van der Waals surface area contributed by atoms with Crippen molar-refractivity contribution < 1.29 is 66.8 Å². The number of nitrogens with one attached hydrogen (secondary N) is 3. The van der Waals surface area contributed by atoms with Gasteiger partial charge in [-0.05, 0) is 71.8 Å². The number of hydrogen-bond acceptors (Lipinski definition) is 14. The highest BCUT2D eigenvalue weighted by Crippen LogP contribution is 2.34. The van der Waals surface area contributed by atoms with Crippen LogP contribution in [-0.4, -0.2) is 184 Å². The molecule has 402 valence electrons. The molecular formula is C52H80N6O14. The molecule has 1 aromatic carbocycles. The molecule has 20 heteroatoms. The second-order valence-electron chi connectivity index (χ2n) is 20.2. The lowest BCUT2D eigenvalue weighted by atomic mass is 9.89. The van der Waals surface area contributed by atoms with Gasteiger partial charge in [-0.25, -0.2) is 4.79 Å². The van der Waals surface area contributed by atoms with Crippen molar-refractivity contribution in [2.45, 2.75) is 141 Å². The fourth-order valence-corrected chi connectivity index (χ4v) is 9.46. The minimum atomic E-state index is -1.36. The molecule has 2 aliphatic heterocycles. The summed E-state index contributed by atoms with van der Waals surface area (Å²) in [5.74, 6) is -3.96. The molecule has 2 fully saturated rings. The van der Waals surface area contributed by atoms with Crippen LogP contribution in [0.2, 0.25) is 0 Å². The first-order valence-corrected chi connectivity index (χ1v) is 25.2. The van der Waals surface area contributed by atoms with Gasteiger partial charge < -0.3 is 54.2 Å². The lowest BCUT2D eigenvalue weighted by molar-refractivity contribution is -0.159. The van der Waals surface area contributed by atoms with Crippen LogP contribution in [0.25, 0.3) is 0 Å². The number of rotatable bonds is 30. The van der Waals surface area contributed by atoms with Crippen LogP contribution < -0.4 is 16.0 Å². The van der Waals surface area contributed by atoms with E-state index in [0.29, 0.717) is 19.4 Å². The van der Waals surface area contributed by atoms with Crippen LogP contribution >= 0.6 is 0 Å². The summed E-state index contributed by atoms with van der Waals surface area (Å²) in [6, 6.07) is 7.49. The van der Waals surface area contributed by atoms with E-state index >= 15 is 0 Å². The van der Waals surface area contributed by atoms with Gasteiger partial charge in [-0.3, -0.25) is 38.5 Å². The zero-order valence-electron chi connectivity index (χ0n) is 43.9. The fraction of sp³-hybridized carbons (Fsp3) is 0.692. The number of carbonyl (C=O) groups excluding carboxylic acids is 8. The molecule has 1 saturated heterocycles. The van der Waals surface area contributed by atoms with Crippen molar-refractivity contribution in [2.75, 3.05) is 80.5 Å². The number of ether oxygens (including phenoxy) is 6. The second kappa shape index (κ2) is 28.8. The summed E-state index contributed by atoms with van der Waals surface area (Å²) in [4.78, 5) is 109. The van der Waals surface area contributed by atoms with Crippen LogP contribution in [0.1, 0.15) is 98.5 Å². The van der Waals surface area contributed by atoms with Gasteiger partial charge in [-0.2, -0.15) is 0 Å². The monoisotopic (exact) mass is 1010 g/mol. The predicted molar refractivity (Wildman–Crippen MR) is 265 cm³/mol. The number of hydrogen-bond donors (Lipinski definition) is 3. The number of likely N-dealkylation sites (tertiary alicyclic amines) is 1. The Labute approximate surface area is 424 Å². The van der Waals surface area contributed by atoms with Crippen molar-refractivity contribution in [3.63, 3.8) is 0 Å². The molecule has 0 aromatic heterocycles. The average Bonchev–Trinajstić information content (AvgIpc) is 4.12. The molecule has 0 bridgehead atoms. The van der Waals surface area contributed by atoms with Gasteiger partial charge in [-0.1, -0.05) is 50.1 Å². The number of nitrogens with zero attached hydrogens (tertiary/aromatic N) is 3. The van der Waals surface area contributed by atoms with Crippen molar-refractivity contribution in [3.8, 4) is 0 Å². The SMILES string of the molecule is COC(CC(=O)N1CCCC1C(OC)C(C)C(=O)NC(Cc1ccccc1)C(=O)OC(C)(C)C)C(C1CCCC1)N(C)C(=O)CNC(=O)C(C)(C)NC(=O)CCOCCOCCOCCN1C(=O)C=CC1=O. The maximum atomic E-state index is 14.4. The van der Waals surface area contributed by atoms with Crippen molar-refractivity contribution in [2.24, 2.45) is 11.8 Å². The predicted octanol–water partition coefficient (Wildman–Crippen LogP) is 2.50. The summed E-state index contributed by atoms with van der Waals surface area (Å²) in [7, 11) is 4.70. The summed E-state index contributed by atoms with van der Waals surface area (Å²) in [6.45, 7) is 11.7. The first-order chi connectivity index (χ1) is 34.2. The summed E-state index contributed by atoms with van der Waals surface area (Å²) < 4.78 is 34.1. The van der Waals surface area contributed by atoms with Gasteiger partial charge >= 0.3 is 5.97 Å². The van der Waals surface area contributed by atoms with Crippen LogP contribution in [0.3, 0.4) is 0 Å². The molecule has 3 N–H and O–H groups in total.